The Bertz CT molecular complexity index is 558. The van der Waals surface area contributed by atoms with E-state index in [1.807, 2.05) is 0 Å². The van der Waals surface area contributed by atoms with Gasteiger partial charge in [0.15, 0.2) is 0 Å². The van der Waals surface area contributed by atoms with Gasteiger partial charge in [0.2, 0.25) is 0 Å². The Morgan fingerprint density at radius 1 is 1.45 bits per heavy atom. The van der Waals surface area contributed by atoms with Crippen molar-refractivity contribution in [2.45, 2.75) is 0 Å². The summed E-state index contributed by atoms with van der Waals surface area (Å²) in [5.41, 5.74) is 1.20. The summed E-state index contributed by atoms with van der Waals surface area (Å²) < 4.78 is 5.28. The molecule has 1 fully saturated rings. The van der Waals surface area contributed by atoms with Crippen LogP contribution in [0.25, 0.3) is 11.0 Å². The quantitative estimate of drug-likeness (QED) is 0.822. The van der Waals surface area contributed by atoms with Crippen molar-refractivity contribution in [2.24, 2.45) is 0 Å². The average Bonchev–Trinajstić information content (AvgIpc) is 2.92. The summed E-state index contributed by atoms with van der Waals surface area (Å²) in [4.78, 5) is 25.3. The summed E-state index contributed by atoms with van der Waals surface area (Å²) in [5.74, 6) is -0.115. The zero-order chi connectivity index (χ0) is 13.8. The van der Waals surface area contributed by atoms with Crippen molar-refractivity contribution in [3.63, 3.8) is 0 Å². The molecule has 0 bridgehead atoms. The molecule has 2 aromatic rings. The fraction of sp³-hybridized carbons (Fsp3) is 0.462. The molecule has 0 saturated carbocycles. The van der Waals surface area contributed by atoms with Gasteiger partial charge >= 0.3 is 0 Å². The summed E-state index contributed by atoms with van der Waals surface area (Å²) in [7, 11) is 0. The number of rotatable bonds is 4. The van der Waals surface area contributed by atoms with Crippen LogP contribution in [0, 0.1) is 0 Å². The third-order valence-corrected chi connectivity index (χ3v) is 3.36. The lowest BCUT2D eigenvalue weighted by Gasteiger charge is -2.26. The minimum atomic E-state index is -0.115. The molecule has 2 aromatic heterocycles. The fourth-order valence-electron chi connectivity index (χ4n) is 2.24. The SMILES string of the molecule is O=C(NCCN1CCOCC1)c1cc2cncnc2[nH]1. The number of hydrogen-bond donors (Lipinski definition) is 2. The maximum atomic E-state index is 12.0. The number of amides is 1. The van der Waals surface area contributed by atoms with Crippen LogP contribution < -0.4 is 5.32 Å². The Morgan fingerprint density at radius 3 is 3.10 bits per heavy atom. The number of carbonyl (C=O) groups excluding carboxylic acids is 1. The van der Waals surface area contributed by atoms with Crippen LogP contribution in [0.3, 0.4) is 0 Å². The molecule has 0 unspecified atom stereocenters. The Balaban J connectivity index is 1.53. The second-order valence-corrected chi connectivity index (χ2v) is 4.72. The Hall–Kier alpha value is -1.99. The number of aromatic amines is 1. The molecule has 1 aliphatic rings. The Labute approximate surface area is 116 Å². The highest BCUT2D eigenvalue weighted by molar-refractivity contribution is 5.96. The zero-order valence-corrected chi connectivity index (χ0v) is 11.1. The van der Waals surface area contributed by atoms with E-state index in [1.165, 1.54) is 6.33 Å². The molecule has 0 atom stereocenters. The summed E-state index contributed by atoms with van der Waals surface area (Å²) >= 11 is 0. The molecular formula is C13H17N5O2. The lowest BCUT2D eigenvalue weighted by atomic mass is 10.3. The van der Waals surface area contributed by atoms with Crippen LogP contribution in [0.2, 0.25) is 0 Å². The van der Waals surface area contributed by atoms with Gasteiger partial charge in [-0.15, -0.1) is 0 Å². The van der Waals surface area contributed by atoms with Gasteiger partial charge in [0, 0.05) is 37.8 Å². The predicted octanol–water partition coefficient (Wildman–Crippen LogP) is 0.0199. The van der Waals surface area contributed by atoms with Crippen molar-refractivity contribution in [2.75, 3.05) is 39.4 Å². The molecule has 1 amide bonds. The van der Waals surface area contributed by atoms with E-state index in [0.29, 0.717) is 17.9 Å². The van der Waals surface area contributed by atoms with E-state index in [2.05, 4.69) is 25.2 Å². The van der Waals surface area contributed by atoms with Gasteiger partial charge in [-0.2, -0.15) is 0 Å². The van der Waals surface area contributed by atoms with Crippen LogP contribution in [-0.4, -0.2) is 65.2 Å². The highest BCUT2D eigenvalue weighted by Gasteiger charge is 2.12. The van der Waals surface area contributed by atoms with Crippen LogP contribution in [0.5, 0.6) is 0 Å². The normalized spacial score (nSPS) is 16.4. The van der Waals surface area contributed by atoms with E-state index < -0.39 is 0 Å². The van der Waals surface area contributed by atoms with Crippen LogP contribution in [-0.2, 0) is 4.74 Å². The first kappa shape index (κ1) is 13.0. The highest BCUT2D eigenvalue weighted by atomic mass is 16.5. The van der Waals surface area contributed by atoms with Gasteiger partial charge in [0.25, 0.3) is 5.91 Å². The lowest BCUT2D eigenvalue weighted by Crippen LogP contribution is -2.41. The highest BCUT2D eigenvalue weighted by Crippen LogP contribution is 2.10. The number of H-pyrrole nitrogens is 1. The van der Waals surface area contributed by atoms with Gasteiger partial charge in [0.05, 0.1) is 13.2 Å². The van der Waals surface area contributed by atoms with E-state index in [9.17, 15) is 4.79 Å². The number of fused-ring (bicyclic) bond motifs is 1. The lowest BCUT2D eigenvalue weighted by molar-refractivity contribution is 0.0383. The first-order valence-corrected chi connectivity index (χ1v) is 6.70. The van der Waals surface area contributed by atoms with Crippen LogP contribution in [0.15, 0.2) is 18.6 Å². The fourth-order valence-corrected chi connectivity index (χ4v) is 2.24. The van der Waals surface area contributed by atoms with E-state index in [4.69, 9.17) is 4.74 Å². The molecule has 1 aliphatic heterocycles. The topological polar surface area (TPSA) is 83.1 Å². The van der Waals surface area contributed by atoms with Crippen molar-refractivity contribution in [1.29, 1.82) is 0 Å². The van der Waals surface area contributed by atoms with Gasteiger partial charge < -0.3 is 15.0 Å². The summed E-state index contributed by atoms with van der Waals surface area (Å²) in [5, 5.41) is 3.75. The average molecular weight is 275 g/mol. The smallest absolute Gasteiger partial charge is 0.267 e. The second kappa shape index (κ2) is 5.98. The number of ether oxygens (including phenoxy) is 1. The monoisotopic (exact) mass is 275 g/mol. The molecule has 3 heterocycles. The zero-order valence-electron chi connectivity index (χ0n) is 11.1. The van der Waals surface area contributed by atoms with Crippen molar-refractivity contribution < 1.29 is 9.53 Å². The van der Waals surface area contributed by atoms with Gasteiger partial charge in [-0.3, -0.25) is 9.69 Å². The third kappa shape index (κ3) is 2.94. The summed E-state index contributed by atoms with van der Waals surface area (Å²) in [6.45, 7) is 4.87. The molecule has 0 aliphatic carbocycles. The molecule has 3 rings (SSSR count). The van der Waals surface area contributed by atoms with E-state index in [1.54, 1.807) is 12.3 Å². The number of nitrogens with zero attached hydrogens (tertiary/aromatic N) is 3. The van der Waals surface area contributed by atoms with Gasteiger partial charge in [-0.05, 0) is 6.07 Å². The van der Waals surface area contributed by atoms with Gasteiger partial charge in [0.1, 0.15) is 17.7 Å². The molecule has 0 radical (unpaired) electrons. The number of nitrogens with one attached hydrogen (secondary N) is 2. The Morgan fingerprint density at radius 2 is 2.30 bits per heavy atom. The maximum Gasteiger partial charge on any atom is 0.267 e. The van der Waals surface area contributed by atoms with Crippen molar-refractivity contribution in [3.05, 3.63) is 24.3 Å². The van der Waals surface area contributed by atoms with E-state index >= 15 is 0 Å². The van der Waals surface area contributed by atoms with Crippen LogP contribution in [0.4, 0.5) is 0 Å². The molecule has 7 nitrogen and oxygen atoms in total. The summed E-state index contributed by atoms with van der Waals surface area (Å²) in [6.07, 6.45) is 3.14. The van der Waals surface area contributed by atoms with Crippen LogP contribution >= 0.6 is 0 Å². The first-order chi connectivity index (χ1) is 9.83. The number of morpholine rings is 1. The second-order valence-electron chi connectivity index (χ2n) is 4.72. The minimum absolute atomic E-state index is 0.115. The van der Waals surface area contributed by atoms with Gasteiger partial charge in [-0.25, -0.2) is 9.97 Å². The predicted molar refractivity (Wildman–Crippen MR) is 73.5 cm³/mol. The molecule has 0 spiro atoms. The number of aromatic nitrogens is 3. The molecule has 7 heteroatoms. The number of hydrogen-bond acceptors (Lipinski definition) is 5. The third-order valence-electron chi connectivity index (χ3n) is 3.36. The van der Waals surface area contributed by atoms with E-state index in [0.717, 1.165) is 38.2 Å². The van der Waals surface area contributed by atoms with E-state index in [-0.39, 0.29) is 5.91 Å². The molecule has 0 aromatic carbocycles. The molecule has 2 N–H and O–H groups in total. The molecule has 1 saturated heterocycles. The molecule has 106 valence electrons. The van der Waals surface area contributed by atoms with Crippen LogP contribution in [0.1, 0.15) is 10.5 Å². The van der Waals surface area contributed by atoms with Crippen molar-refractivity contribution in [1.82, 2.24) is 25.2 Å². The van der Waals surface area contributed by atoms with Crippen molar-refractivity contribution in [3.8, 4) is 0 Å². The molecule has 20 heavy (non-hydrogen) atoms. The standard InChI is InChI=1S/C13H17N5O2/c19-13(15-1-2-18-3-5-20-6-4-18)11-7-10-8-14-9-16-12(10)17-11/h7-9H,1-6H2,(H,15,19)(H,14,16,17). The Kier molecular flexibility index (Phi) is 3.89. The maximum absolute atomic E-state index is 12.0. The summed E-state index contributed by atoms with van der Waals surface area (Å²) in [6, 6.07) is 1.76. The largest absolute Gasteiger partial charge is 0.379 e. The number of carbonyl (C=O) groups is 1. The first-order valence-electron chi connectivity index (χ1n) is 6.70. The minimum Gasteiger partial charge on any atom is -0.379 e. The van der Waals surface area contributed by atoms with Gasteiger partial charge in [-0.1, -0.05) is 0 Å². The van der Waals surface area contributed by atoms with Crippen molar-refractivity contribution >= 4 is 16.9 Å². The molecular weight excluding hydrogens is 258 g/mol.